The predicted molar refractivity (Wildman–Crippen MR) is 67.2 cm³/mol. The van der Waals surface area contributed by atoms with Gasteiger partial charge in [-0.05, 0) is 40.7 Å². The van der Waals surface area contributed by atoms with Crippen LogP contribution in [-0.2, 0) is 5.60 Å². The lowest BCUT2D eigenvalue weighted by atomic mass is 9.76. The van der Waals surface area contributed by atoms with E-state index in [2.05, 4.69) is 33.6 Å². The van der Waals surface area contributed by atoms with Crippen LogP contribution in [0.5, 0.6) is 0 Å². The maximum Gasteiger partial charge on any atom is 0.0967 e. The number of aliphatic hydroxyl groups is 1. The molecule has 1 aliphatic heterocycles. The summed E-state index contributed by atoms with van der Waals surface area (Å²) in [4.78, 5) is 0. The Kier molecular flexibility index (Phi) is 3.50. The van der Waals surface area contributed by atoms with Gasteiger partial charge >= 0.3 is 0 Å². The van der Waals surface area contributed by atoms with Crippen LogP contribution in [0.15, 0.2) is 15.2 Å². The highest BCUT2D eigenvalue weighted by Crippen LogP contribution is 2.41. The molecule has 2 rings (SSSR count). The molecule has 0 bridgehead atoms. The van der Waals surface area contributed by atoms with E-state index < -0.39 is 5.60 Å². The fourth-order valence-electron chi connectivity index (χ4n) is 2.36. The van der Waals surface area contributed by atoms with Crippen LogP contribution in [0.25, 0.3) is 0 Å². The van der Waals surface area contributed by atoms with Gasteiger partial charge in [0, 0.05) is 27.9 Å². The Bertz CT molecular complexity index is 341. The molecular formula is C11H16BrNOS. The molecule has 2 N–H and O–H groups in total. The molecule has 1 aliphatic rings. The number of thiophene rings is 1. The van der Waals surface area contributed by atoms with Crippen molar-refractivity contribution < 1.29 is 5.11 Å². The molecule has 1 fully saturated rings. The zero-order chi connectivity index (χ0) is 10.9. The number of piperidine rings is 1. The molecule has 4 heteroatoms. The summed E-state index contributed by atoms with van der Waals surface area (Å²) in [5.74, 6) is 0.317. The Balaban J connectivity index is 2.34. The maximum atomic E-state index is 10.8. The molecule has 2 heterocycles. The molecule has 1 saturated heterocycles. The third-order valence-corrected chi connectivity index (χ3v) is 5.03. The zero-order valence-electron chi connectivity index (χ0n) is 8.79. The lowest BCUT2D eigenvalue weighted by Gasteiger charge is -2.40. The van der Waals surface area contributed by atoms with Gasteiger partial charge in [-0.3, -0.25) is 0 Å². The topological polar surface area (TPSA) is 32.3 Å². The van der Waals surface area contributed by atoms with Crippen molar-refractivity contribution in [1.29, 1.82) is 0 Å². The molecule has 84 valence electrons. The fraction of sp³-hybridized carbons (Fsp3) is 0.636. The van der Waals surface area contributed by atoms with Crippen molar-refractivity contribution in [2.24, 2.45) is 5.92 Å². The average molecular weight is 290 g/mol. The van der Waals surface area contributed by atoms with E-state index in [-0.39, 0.29) is 0 Å². The fourth-order valence-corrected chi connectivity index (χ4v) is 4.07. The van der Waals surface area contributed by atoms with Gasteiger partial charge in [-0.1, -0.05) is 6.92 Å². The summed E-state index contributed by atoms with van der Waals surface area (Å²) in [7, 11) is 0. The molecule has 1 aromatic heterocycles. The molecule has 0 aromatic carbocycles. The van der Waals surface area contributed by atoms with E-state index in [1.165, 1.54) is 0 Å². The van der Waals surface area contributed by atoms with Crippen molar-refractivity contribution in [2.75, 3.05) is 13.1 Å². The Morgan fingerprint density at radius 2 is 2.47 bits per heavy atom. The second-order valence-electron chi connectivity index (χ2n) is 4.12. The quantitative estimate of drug-likeness (QED) is 0.878. The van der Waals surface area contributed by atoms with Crippen LogP contribution in [0.3, 0.4) is 0 Å². The number of nitrogens with one attached hydrogen (secondary N) is 1. The van der Waals surface area contributed by atoms with Gasteiger partial charge in [0.05, 0.1) is 5.60 Å². The third-order valence-electron chi connectivity index (χ3n) is 3.32. The van der Waals surface area contributed by atoms with Crippen LogP contribution >= 0.6 is 27.3 Å². The van der Waals surface area contributed by atoms with E-state index in [1.807, 2.05) is 5.38 Å². The molecule has 0 amide bonds. The van der Waals surface area contributed by atoms with Crippen LogP contribution in [0.1, 0.15) is 25.3 Å². The maximum absolute atomic E-state index is 10.8. The first-order valence-electron chi connectivity index (χ1n) is 5.33. The summed E-state index contributed by atoms with van der Waals surface area (Å²) in [6.45, 7) is 3.95. The standard InChI is InChI=1S/C11H16BrNOS/c1-2-8-5-13-4-3-11(8,14)9-6-15-7-10(9)12/h6-8,13-14H,2-5H2,1H3. The second-order valence-corrected chi connectivity index (χ2v) is 5.71. The van der Waals surface area contributed by atoms with Gasteiger partial charge in [0.15, 0.2) is 0 Å². The predicted octanol–water partition coefficient (Wildman–Crippen LogP) is 2.72. The van der Waals surface area contributed by atoms with E-state index in [4.69, 9.17) is 0 Å². The molecule has 15 heavy (non-hydrogen) atoms. The number of rotatable bonds is 2. The van der Waals surface area contributed by atoms with Crippen LogP contribution in [0, 0.1) is 5.92 Å². The van der Waals surface area contributed by atoms with E-state index in [1.54, 1.807) is 11.3 Å². The molecule has 2 unspecified atom stereocenters. The summed E-state index contributed by atoms with van der Waals surface area (Å²) in [5.41, 5.74) is 0.430. The zero-order valence-corrected chi connectivity index (χ0v) is 11.2. The van der Waals surface area contributed by atoms with Crippen LogP contribution in [0.2, 0.25) is 0 Å². The first-order chi connectivity index (χ1) is 7.18. The molecule has 0 spiro atoms. The number of halogens is 1. The van der Waals surface area contributed by atoms with Gasteiger partial charge < -0.3 is 10.4 Å². The van der Waals surface area contributed by atoms with Crippen molar-refractivity contribution in [3.63, 3.8) is 0 Å². The normalized spacial score (nSPS) is 31.8. The van der Waals surface area contributed by atoms with Crippen molar-refractivity contribution in [2.45, 2.75) is 25.4 Å². The van der Waals surface area contributed by atoms with Crippen molar-refractivity contribution in [1.82, 2.24) is 5.32 Å². The molecule has 0 aliphatic carbocycles. The minimum atomic E-state index is -0.640. The highest BCUT2D eigenvalue weighted by atomic mass is 79.9. The van der Waals surface area contributed by atoms with Gasteiger partial charge in [0.2, 0.25) is 0 Å². The Hall–Kier alpha value is 0.100. The SMILES string of the molecule is CCC1CNCCC1(O)c1cscc1Br. The van der Waals surface area contributed by atoms with Crippen LogP contribution in [0.4, 0.5) is 0 Å². The summed E-state index contributed by atoms with van der Waals surface area (Å²) in [6, 6.07) is 0. The van der Waals surface area contributed by atoms with E-state index in [0.29, 0.717) is 5.92 Å². The minimum absolute atomic E-state index is 0.317. The molecule has 1 aromatic rings. The van der Waals surface area contributed by atoms with E-state index >= 15 is 0 Å². The summed E-state index contributed by atoms with van der Waals surface area (Å²) in [6.07, 6.45) is 1.81. The summed E-state index contributed by atoms with van der Waals surface area (Å²) >= 11 is 5.17. The van der Waals surface area contributed by atoms with Crippen molar-refractivity contribution in [3.05, 3.63) is 20.8 Å². The number of hydrogen-bond donors (Lipinski definition) is 2. The molecule has 2 nitrogen and oxygen atoms in total. The Labute approximate surface area is 103 Å². The van der Waals surface area contributed by atoms with Gasteiger partial charge in [-0.25, -0.2) is 0 Å². The van der Waals surface area contributed by atoms with Crippen LogP contribution in [-0.4, -0.2) is 18.2 Å². The van der Waals surface area contributed by atoms with Gasteiger partial charge in [-0.2, -0.15) is 11.3 Å². The molecule has 0 radical (unpaired) electrons. The second kappa shape index (κ2) is 4.53. The highest BCUT2D eigenvalue weighted by molar-refractivity contribution is 9.10. The van der Waals surface area contributed by atoms with E-state index in [0.717, 1.165) is 36.0 Å². The lowest BCUT2D eigenvalue weighted by molar-refractivity contribution is -0.0480. The average Bonchev–Trinajstić information content (AvgIpc) is 2.66. The minimum Gasteiger partial charge on any atom is -0.385 e. The summed E-state index contributed by atoms with van der Waals surface area (Å²) < 4.78 is 1.05. The smallest absolute Gasteiger partial charge is 0.0967 e. The molecule has 2 atom stereocenters. The van der Waals surface area contributed by atoms with Gasteiger partial charge in [0.1, 0.15) is 0 Å². The van der Waals surface area contributed by atoms with Crippen LogP contribution < -0.4 is 5.32 Å². The van der Waals surface area contributed by atoms with Gasteiger partial charge in [-0.15, -0.1) is 0 Å². The molecule has 0 saturated carbocycles. The largest absolute Gasteiger partial charge is 0.385 e. The monoisotopic (exact) mass is 289 g/mol. The van der Waals surface area contributed by atoms with Crippen molar-refractivity contribution in [3.8, 4) is 0 Å². The highest BCUT2D eigenvalue weighted by Gasteiger charge is 2.40. The Morgan fingerprint density at radius 3 is 3.07 bits per heavy atom. The van der Waals surface area contributed by atoms with Crippen molar-refractivity contribution >= 4 is 27.3 Å². The number of hydrogen-bond acceptors (Lipinski definition) is 3. The first-order valence-corrected chi connectivity index (χ1v) is 7.07. The van der Waals surface area contributed by atoms with E-state index in [9.17, 15) is 5.11 Å². The lowest BCUT2D eigenvalue weighted by Crippen LogP contribution is -2.47. The Morgan fingerprint density at radius 1 is 1.67 bits per heavy atom. The van der Waals surface area contributed by atoms with Gasteiger partial charge in [0.25, 0.3) is 0 Å². The third kappa shape index (κ3) is 2.00. The first kappa shape index (κ1) is 11.6. The summed E-state index contributed by atoms with van der Waals surface area (Å²) in [5, 5.41) is 18.3. The molecular weight excluding hydrogens is 274 g/mol.